The monoisotopic (exact) mass is 428 g/mol. The van der Waals surface area contributed by atoms with Crippen LogP contribution in [-0.4, -0.2) is 45.7 Å². The van der Waals surface area contributed by atoms with Gasteiger partial charge >= 0.3 is 0 Å². The lowest BCUT2D eigenvalue weighted by atomic mass is 10.2. The molecule has 0 aliphatic carbocycles. The van der Waals surface area contributed by atoms with Gasteiger partial charge in [-0.2, -0.15) is 0 Å². The molecule has 30 heavy (non-hydrogen) atoms. The van der Waals surface area contributed by atoms with Gasteiger partial charge in [-0.3, -0.25) is 24.8 Å². The molecule has 158 valence electrons. The van der Waals surface area contributed by atoms with Crippen LogP contribution < -0.4 is 4.74 Å². The molecule has 2 heterocycles. The zero-order valence-electron chi connectivity index (χ0n) is 17.6. The number of hydrogen-bond donors (Lipinski definition) is 0. The largest absolute Gasteiger partial charge is 0.495 e. The summed E-state index contributed by atoms with van der Waals surface area (Å²) < 4.78 is 7.34. The number of nitro benzene ring substituents is 1. The fraction of sp³-hybridized carbons (Fsp3) is 0.333. The lowest BCUT2D eigenvalue weighted by molar-refractivity contribution is -0.384. The number of nitrogens with zero attached hydrogens (tertiary/aromatic N) is 4. The number of aryl methyl sites for hydroxylation is 1. The Bertz CT molecular complexity index is 1070. The number of carbonyl (C=O) groups is 1. The van der Waals surface area contributed by atoms with E-state index in [1.54, 1.807) is 11.0 Å². The smallest absolute Gasteiger partial charge is 0.271 e. The number of carbonyl (C=O) groups excluding carboxylic acids is 1. The van der Waals surface area contributed by atoms with Gasteiger partial charge in [0.05, 0.1) is 22.6 Å². The summed E-state index contributed by atoms with van der Waals surface area (Å²) in [5, 5.41) is 12.0. The number of thioether (sulfide) groups is 1. The number of aromatic nitrogens is 1. The minimum absolute atomic E-state index is 0.0151. The van der Waals surface area contributed by atoms with Crippen LogP contribution in [0.25, 0.3) is 11.8 Å². The normalized spacial score (nSPS) is 16.7. The van der Waals surface area contributed by atoms with E-state index in [-0.39, 0.29) is 11.6 Å². The molecule has 0 atom stereocenters. The molecule has 0 radical (unpaired) electrons. The number of nitro groups is 1. The molecule has 1 fully saturated rings. The van der Waals surface area contributed by atoms with Crippen molar-refractivity contribution in [2.24, 2.45) is 4.99 Å². The topological polar surface area (TPSA) is 90.0 Å². The summed E-state index contributed by atoms with van der Waals surface area (Å²) in [7, 11) is 1.53. The third-order valence-electron chi connectivity index (χ3n) is 4.87. The summed E-state index contributed by atoms with van der Waals surface area (Å²) in [4.78, 5) is 30.3. The van der Waals surface area contributed by atoms with Crippen molar-refractivity contribution in [3.05, 3.63) is 56.2 Å². The Hall–Kier alpha value is -3.07. The van der Waals surface area contributed by atoms with Crippen LogP contribution in [0.1, 0.15) is 30.8 Å². The summed E-state index contributed by atoms with van der Waals surface area (Å²) in [6.45, 7) is 8.87. The van der Waals surface area contributed by atoms with E-state index in [1.807, 2.05) is 44.4 Å². The number of amidine groups is 1. The molecular weight excluding hydrogens is 404 g/mol. The van der Waals surface area contributed by atoms with Crippen molar-refractivity contribution in [1.29, 1.82) is 0 Å². The van der Waals surface area contributed by atoms with Gasteiger partial charge < -0.3 is 9.30 Å². The highest BCUT2D eigenvalue weighted by atomic mass is 32.2. The average molecular weight is 429 g/mol. The van der Waals surface area contributed by atoms with Gasteiger partial charge in [-0.25, -0.2) is 0 Å². The second kappa shape index (κ2) is 8.74. The summed E-state index contributed by atoms with van der Waals surface area (Å²) in [5.74, 6) is 0.467. The highest BCUT2D eigenvalue weighted by Gasteiger charge is 2.32. The maximum absolute atomic E-state index is 12.8. The van der Waals surface area contributed by atoms with Gasteiger partial charge in [-0.1, -0.05) is 0 Å². The van der Waals surface area contributed by atoms with E-state index in [9.17, 15) is 14.9 Å². The number of non-ortho nitro benzene ring substituents is 1. The number of hydrogen-bond acceptors (Lipinski definition) is 6. The van der Waals surface area contributed by atoms with Gasteiger partial charge in [0, 0.05) is 36.6 Å². The van der Waals surface area contributed by atoms with Gasteiger partial charge in [0.25, 0.3) is 11.6 Å². The third kappa shape index (κ3) is 3.85. The van der Waals surface area contributed by atoms with Crippen LogP contribution in [-0.2, 0) is 4.79 Å². The van der Waals surface area contributed by atoms with Crippen molar-refractivity contribution in [2.45, 2.75) is 27.7 Å². The van der Waals surface area contributed by atoms with Crippen LogP contribution in [0.15, 0.2) is 34.2 Å². The fourth-order valence-corrected chi connectivity index (χ4v) is 4.55. The molecule has 1 saturated heterocycles. The third-order valence-corrected chi connectivity index (χ3v) is 5.91. The zero-order chi connectivity index (χ0) is 22.0. The number of aliphatic imine (C=N–C) groups is 1. The maximum Gasteiger partial charge on any atom is 0.271 e. The molecule has 1 aliphatic rings. The van der Waals surface area contributed by atoms with E-state index >= 15 is 0 Å². The second-order valence-electron chi connectivity index (χ2n) is 6.69. The minimum Gasteiger partial charge on any atom is -0.495 e. The predicted molar refractivity (Wildman–Crippen MR) is 119 cm³/mol. The van der Waals surface area contributed by atoms with Crippen molar-refractivity contribution >= 4 is 34.6 Å². The number of methoxy groups -OCH3 is 1. The van der Waals surface area contributed by atoms with Gasteiger partial charge in [0.1, 0.15) is 5.75 Å². The maximum atomic E-state index is 12.8. The van der Waals surface area contributed by atoms with E-state index in [1.165, 1.54) is 31.0 Å². The zero-order valence-corrected chi connectivity index (χ0v) is 18.4. The van der Waals surface area contributed by atoms with Crippen LogP contribution in [0.5, 0.6) is 5.75 Å². The predicted octanol–water partition coefficient (Wildman–Crippen LogP) is 4.32. The van der Waals surface area contributed by atoms with Crippen molar-refractivity contribution in [1.82, 2.24) is 9.47 Å². The molecule has 1 amide bonds. The summed E-state index contributed by atoms with van der Waals surface area (Å²) in [6.07, 6.45) is 1.86. The van der Waals surface area contributed by atoms with Crippen LogP contribution in [0, 0.1) is 24.0 Å². The molecule has 2 aromatic rings. The Kier molecular flexibility index (Phi) is 6.31. The summed E-state index contributed by atoms with van der Waals surface area (Å²) in [6, 6.07) is 6.46. The van der Waals surface area contributed by atoms with Crippen LogP contribution in [0.4, 0.5) is 5.69 Å². The molecule has 1 aromatic carbocycles. The molecule has 3 rings (SSSR count). The summed E-state index contributed by atoms with van der Waals surface area (Å²) in [5.41, 5.74) is 3.17. The highest BCUT2D eigenvalue weighted by molar-refractivity contribution is 8.18. The molecular formula is C21H24N4O4S. The average Bonchev–Trinajstić information content (AvgIpc) is 3.16. The first-order valence-electron chi connectivity index (χ1n) is 9.59. The SMILES string of the molecule is CCN=C1S/C(=C\c2cc(C)n(-c3cc([N+](=O)[O-])ccc3OC)c2C)C(=O)N1CC. The summed E-state index contributed by atoms with van der Waals surface area (Å²) >= 11 is 1.37. The van der Waals surface area contributed by atoms with E-state index in [4.69, 9.17) is 4.74 Å². The molecule has 0 unspecified atom stereocenters. The second-order valence-corrected chi connectivity index (χ2v) is 7.70. The van der Waals surface area contributed by atoms with Crippen LogP contribution in [0.3, 0.4) is 0 Å². The van der Waals surface area contributed by atoms with Gasteiger partial charge in [-0.15, -0.1) is 0 Å². The van der Waals surface area contributed by atoms with Gasteiger partial charge in [0.15, 0.2) is 5.17 Å². The van der Waals surface area contributed by atoms with Gasteiger partial charge in [-0.05, 0) is 63.2 Å². The van der Waals surface area contributed by atoms with Crippen LogP contribution in [0.2, 0.25) is 0 Å². The Morgan fingerprint density at radius 1 is 1.27 bits per heavy atom. The van der Waals surface area contributed by atoms with E-state index in [2.05, 4.69) is 4.99 Å². The lowest BCUT2D eigenvalue weighted by Gasteiger charge is -2.14. The van der Waals surface area contributed by atoms with Crippen LogP contribution >= 0.6 is 11.8 Å². The molecule has 9 heteroatoms. The van der Waals surface area contributed by atoms with E-state index in [0.717, 1.165) is 17.0 Å². The first-order valence-corrected chi connectivity index (χ1v) is 10.4. The first-order chi connectivity index (χ1) is 14.3. The number of rotatable bonds is 6. The molecule has 0 bridgehead atoms. The number of benzene rings is 1. The van der Waals surface area contributed by atoms with E-state index in [0.29, 0.717) is 34.6 Å². The molecule has 1 aromatic heterocycles. The Morgan fingerprint density at radius 2 is 2.00 bits per heavy atom. The van der Waals surface area contributed by atoms with Gasteiger partial charge in [0.2, 0.25) is 0 Å². The van der Waals surface area contributed by atoms with Crippen molar-refractivity contribution in [3.63, 3.8) is 0 Å². The molecule has 0 spiro atoms. The Balaban J connectivity index is 2.09. The van der Waals surface area contributed by atoms with Crippen molar-refractivity contribution < 1.29 is 14.5 Å². The van der Waals surface area contributed by atoms with E-state index < -0.39 is 4.92 Å². The first kappa shape index (κ1) is 21.6. The molecule has 1 aliphatic heterocycles. The quantitative estimate of drug-likeness (QED) is 0.388. The van der Waals surface area contributed by atoms with Crippen molar-refractivity contribution in [2.75, 3.05) is 20.2 Å². The standard InChI is InChI=1S/C21H24N4O4S/c1-6-22-21-23(7-2)20(26)19(30-21)11-15-10-13(3)24(14(15)4)17-12-16(25(27)28)8-9-18(17)29-5/h8-12H,6-7H2,1-5H3/b19-11-,22-21?. The Morgan fingerprint density at radius 3 is 2.60 bits per heavy atom. The molecule has 0 N–H and O–H groups in total. The highest BCUT2D eigenvalue weighted by Crippen LogP contribution is 2.35. The number of amides is 1. The number of likely N-dealkylation sites (N-methyl/N-ethyl adjacent to an activating group) is 1. The van der Waals surface area contributed by atoms with Crippen molar-refractivity contribution in [3.8, 4) is 11.4 Å². The molecule has 8 nitrogen and oxygen atoms in total. The molecule has 0 saturated carbocycles. The minimum atomic E-state index is -0.429. The number of ether oxygens (including phenoxy) is 1. The fourth-order valence-electron chi connectivity index (χ4n) is 3.45. The lowest BCUT2D eigenvalue weighted by Crippen LogP contribution is -2.28. The Labute approximate surface area is 179 Å².